The van der Waals surface area contributed by atoms with Crippen molar-refractivity contribution >= 4 is 11.8 Å². The first-order valence-electron chi connectivity index (χ1n) is 8.36. The van der Waals surface area contributed by atoms with Crippen molar-refractivity contribution in [1.82, 2.24) is 15.2 Å². The number of benzene rings is 1. The minimum absolute atomic E-state index is 0.382. The van der Waals surface area contributed by atoms with Crippen LogP contribution in [0, 0.1) is 6.92 Å². The van der Waals surface area contributed by atoms with Crippen molar-refractivity contribution in [3.63, 3.8) is 0 Å². The van der Waals surface area contributed by atoms with E-state index in [1.165, 1.54) is 11.8 Å². The molecule has 8 nitrogen and oxygen atoms in total. The molecule has 3 heterocycles. The average molecular weight is 399 g/mol. The van der Waals surface area contributed by atoms with E-state index < -0.39 is 0 Å². The number of hydrogen-bond donors (Lipinski definition) is 0. The summed E-state index contributed by atoms with van der Waals surface area (Å²) in [6, 6.07) is 8.98. The number of oxazole rings is 1. The van der Waals surface area contributed by atoms with Gasteiger partial charge in [0.05, 0.1) is 26.2 Å². The Morgan fingerprint density at radius 2 is 1.79 bits per heavy atom. The second-order valence-electron chi connectivity index (χ2n) is 5.76. The molecule has 0 aliphatic rings. The normalized spacial score (nSPS) is 11.0. The molecule has 9 heteroatoms. The van der Waals surface area contributed by atoms with Gasteiger partial charge in [0.1, 0.15) is 17.3 Å². The van der Waals surface area contributed by atoms with Gasteiger partial charge in [-0.15, -0.1) is 10.2 Å². The molecule has 0 N–H and O–H groups in total. The maximum absolute atomic E-state index is 5.76. The molecule has 0 bridgehead atoms. The number of hydrogen-bond acceptors (Lipinski definition) is 9. The lowest BCUT2D eigenvalue weighted by Crippen LogP contribution is -1.88. The number of aromatic nitrogens is 3. The van der Waals surface area contributed by atoms with Gasteiger partial charge in [0.2, 0.25) is 5.89 Å². The van der Waals surface area contributed by atoms with Gasteiger partial charge in [-0.25, -0.2) is 4.98 Å². The third kappa shape index (κ3) is 3.74. The monoisotopic (exact) mass is 399 g/mol. The number of ether oxygens (including phenoxy) is 2. The van der Waals surface area contributed by atoms with E-state index in [2.05, 4.69) is 15.2 Å². The van der Waals surface area contributed by atoms with Crippen LogP contribution in [0.4, 0.5) is 0 Å². The second-order valence-corrected chi connectivity index (χ2v) is 6.69. The summed E-state index contributed by atoms with van der Waals surface area (Å²) in [5.74, 6) is 3.96. The topological polar surface area (TPSA) is 96.6 Å². The first-order chi connectivity index (χ1) is 13.7. The van der Waals surface area contributed by atoms with Gasteiger partial charge in [0, 0.05) is 17.4 Å². The maximum Gasteiger partial charge on any atom is 0.277 e. The molecule has 28 heavy (non-hydrogen) atoms. The number of aryl methyl sites for hydroxylation is 1. The number of rotatable bonds is 7. The SMILES string of the molecule is COc1cc(OC)cc(-c2nnc(SCc3nc(-c4ccco4)oc3C)o2)c1. The van der Waals surface area contributed by atoms with E-state index in [1.807, 2.05) is 19.1 Å². The Balaban J connectivity index is 1.49. The summed E-state index contributed by atoms with van der Waals surface area (Å²) in [6.07, 6.45) is 1.58. The van der Waals surface area contributed by atoms with Gasteiger partial charge in [0.15, 0.2) is 5.76 Å². The molecule has 0 saturated heterocycles. The van der Waals surface area contributed by atoms with Crippen molar-refractivity contribution in [3.05, 3.63) is 48.0 Å². The highest BCUT2D eigenvalue weighted by Gasteiger charge is 2.16. The van der Waals surface area contributed by atoms with Crippen molar-refractivity contribution in [1.29, 1.82) is 0 Å². The summed E-state index contributed by atoms with van der Waals surface area (Å²) in [4.78, 5) is 4.47. The van der Waals surface area contributed by atoms with Crippen LogP contribution in [0.5, 0.6) is 11.5 Å². The number of thioether (sulfide) groups is 1. The predicted octanol–water partition coefficient (Wildman–Crippen LogP) is 4.60. The minimum Gasteiger partial charge on any atom is -0.497 e. The van der Waals surface area contributed by atoms with Crippen LogP contribution in [-0.2, 0) is 5.75 Å². The molecular weight excluding hydrogens is 382 g/mol. The Kier molecular flexibility index (Phi) is 5.07. The summed E-state index contributed by atoms with van der Waals surface area (Å²) < 4.78 is 27.3. The molecule has 3 aromatic heterocycles. The van der Waals surface area contributed by atoms with E-state index in [-0.39, 0.29) is 0 Å². The molecule has 0 aliphatic heterocycles. The molecule has 4 aromatic rings. The number of furan rings is 1. The quantitative estimate of drug-likeness (QED) is 0.413. The van der Waals surface area contributed by atoms with E-state index in [9.17, 15) is 0 Å². The van der Waals surface area contributed by atoms with Crippen LogP contribution < -0.4 is 9.47 Å². The van der Waals surface area contributed by atoms with Crippen LogP contribution in [0.2, 0.25) is 0 Å². The van der Waals surface area contributed by atoms with Crippen molar-refractivity contribution in [2.75, 3.05) is 14.2 Å². The smallest absolute Gasteiger partial charge is 0.277 e. The van der Waals surface area contributed by atoms with Crippen molar-refractivity contribution in [2.45, 2.75) is 17.9 Å². The van der Waals surface area contributed by atoms with Crippen molar-refractivity contribution in [2.24, 2.45) is 0 Å². The lowest BCUT2D eigenvalue weighted by atomic mass is 10.2. The Labute approximate surface area is 164 Å². The van der Waals surface area contributed by atoms with Crippen LogP contribution in [-0.4, -0.2) is 29.4 Å². The van der Waals surface area contributed by atoms with E-state index >= 15 is 0 Å². The Morgan fingerprint density at radius 1 is 1.00 bits per heavy atom. The van der Waals surface area contributed by atoms with Crippen molar-refractivity contribution in [3.8, 4) is 34.6 Å². The number of methoxy groups -OCH3 is 2. The largest absolute Gasteiger partial charge is 0.497 e. The first kappa shape index (κ1) is 18.2. The molecular formula is C19H17N3O5S. The van der Waals surface area contributed by atoms with Gasteiger partial charge < -0.3 is 22.7 Å². The minimum atomic E-state index is 0.382. The molecule has 0 amide bonds. The molecule has 0 atom stereocenters. The molecule has 144 valence electrons. The zero-order chi connectivity index (χ0) is 19.5. The highest BCUT2D eigenvalue weighted by atomic mass is 32.2. The molecule has 1 aromatic carbocycles. The maximum atomic E-state index is 5.76. The Bertz CT molecular complexity index is 1050. The third-order valence-electron chi connectivity index (χ3n) is 3.96. The third-order valence-corrected chi connectivity index (χ3v) is 4.79. The van der Waals surface area contributed by atoms with Crippen LogP contribution in [0.1, 0.15) is 11.5 Å². The second kappa shape index (κ2) is 7.81. The van der Waals surface area contributed by atoms with E-state index in [4.69, 9.17) is 22.7 Å². The van der Waals surface area contributed by atoms with Crippen LogP contribution in [0.3, 0.4) is 0 Å². The standard InChI is InChI=1S/C19H17N3O5S/c1-11-15(20-18(26-11)16-5-4-6-25-16)10-28-19-22-21-17(27-19)12-7-13(23-2)9-14(8-12)24-3/h4-9H,10H2,1-3H3. The lowest BCUT2D eigenvalue weighted by Gasteiger charge is -2.05. The van der Waals surface area contributed by atoms with E-state index in [0.29, 0.717) is 45.6 Å². The van der Waals surface area contributed by atoms with Gasteiger partial charge in [0.25, 0.3) is 11.1 Å². The Hall–Kier alpha value is -3.20. The van der Waals surface area contributed by atoms with Crippen LogP contribution in [0.25, 0.3) is 23.1 Å². The van der Waals surface area contributed by atoms with Crippen LogP contribution in [0.15, 0.2) is 55.1 Å². The van der Waals surface area contributed by atoms with Gasteiger partial charge in [-0.2, -0.15) is 0 Å². The molecule has 0 fully saturated rings. The zero-order valence-electron chi connectivity index (χ0n) is 15.5. The lowest BCUT2D eigenvalue weighted by molar-refractivity contribution is 0.394. The summed E-state index contributed by atoms with van der Waals surface area (Å²) >= 11 is 1.38. The van der Waals surface area contributed by atoms with Gasteiger partial charge in [-0.3, -0.25) is 0 Å². The van der Waals surface area contributed by atoms with Crippen LogP contribution >= 0.6 is 11.8 Å². The molecule has 4 rings (SSSR count). The molecule has 0 saturated carbocycles. The summed E-state index contributed by atoms with van der Waals surface area (Å²) in [5.41, 5.74) is 1.51. The fraction of sp³-hybridized carbons (Fsp3) is 0.211. The fourth-order valence-electron chi connectivity index (χ4n) is 2.51. The van der Waals surface area contributed by atoms with Crippen molar-refractivity contribution < 1.29 is 22.7 Å². The highest BCUT2D eigenvalue weighted by molar-refractivity contribution is 7.98. The first-order valence-corrected chi connectivity index (χ1v) is 9.34. The summed E-state index contributed by atoms with van der Waals surface area (Å²) in [6.45, 7) is 1.86. The van der Waals surface area contributed by atoms with Gasteiger partial charge in [-0.05, 0) is 31.2 Å². The summed E-state index contributed by atoms with van der Waals surface area (Å²) in [5, 5.41) is 8.63. The van der Waals surface area contributed by atoms with Gasteiger partial charge >= 0.3 is 0 Å². The highest BCUT2D eigenvalue weighted by Crippen LogP contribution is 2.32. The Morgan fingerprint density at radius 3 is 2.46 bits per heavy atom. The molecule has 0 unspecified atom stereocenters. The summed E-state index contributed by atoms with van der Waals surface area (Å²) in [7, 11) is 3.18. The number of nitrogens with zero attached hydrogens (tertiary/aromatic N) is 3. The fourth-order valence-corrected chi connectivity index (χ4v) is 3.28. The average Bonchev–Trinajstić information content (AvgIpc) is 3.46. The zero-order valence-corrected chi connectivity index (χ0v) is 16.3. The predicted molar refractivity (Wildman–Crippen MR) is 101 cm³/mol. The van der Waals surface area contributed by atoms with E-state index in [1.54, 1.807) is 38.7 Å². The van der Waals surface area contributed by atoms with E-state index in [0.717, 1.165) is 11.5 Å². The van der Waals surface area contributed by atoms with Gasteiger partial charge in [-0.1, -0.05) is 11.8 Å². The molecule has 0 aliphatic carbocycles. The molecule has 0 spiro atoms. The molecule has 0 radical (unpaired) electrons.